The molecule has 1 N–H and O–H groups in total. The van der Waals surface area contributed by atoms with Gasteiger partial charge in [0.05, 0.1) is 11.9 Å². The zero-order chi connectivity index (χ0) is 13.1. The van der Waals surface area contributed by atoms with Gasteiger partial charge in [0, 0.05) is 28.9 Å². The van der Waals surface area contributed by atoms with Crippen LogP contribution >= 0.6 is 0 Å². The normalized spacial score (nSPS) is 11.4. The van der Waals surface area contributed by atoms with Crippen molar-refractivity contribution in [3.8, 4) is 6.07 Å². The third-order valence-corrected chi connectivity index (χ3v) is 2.84. The minimum absolute atomic E-state index is 0.380. The second-order valence-corrected chi connectivity index (χ2v) is 4.03. The number of aliphatic imine (C=N–C) groups is 1. The van der Waals surface area contributed by atoms with E-state index in [-0.39, 0.29) is 0 Å². The monoisotopic (exact) mass is 246 g/mol. The number of aromatic amines is 1. The van der Waals surface area contributed by atoms with Crippen molar-refractivity contribution >= 4 is 22.3 Å². The number of fused-ring (bicyclic) bond motifs is 1. The number of rotatable bonds is 2. The van der Waals surface area contributed by atoms with Gasteiger partial charge in [0.1, 0.15) is 6.07 Å². The smallest absolute Gasteiger partial charge is 0.150 e. The van der Waals surface area contributed by atoms with Crippen molar-refractivity contribution in [2.75, 3.05) is 0 Å². The van der Waals surface area contributed by atoms with Crippen LogP contribution in [0.4, 0.5) is 5.69 Å². The molecule has 0 spiro atoms. The Hall–Kier alpha value is -2.93. The van der Waals surface area contributed by atoms with E-state index in [4.69, 9.17) is 0 Å². The van der Waals surface area contributed by atoms with Gasteiger partial charge >= 0.3 is 0 Å². The average Bonchev–Trinajstić information content (AvgIpc) is 2.90. The van der Waals surface area contributed by atoms with Crippen LogP contribution in [-0.2, 0) is 0 Å². The predicted octanol–water partition coefficient (Wildman–Crippen LogP) is 3.21. The summed E-state index contributed by atoms with van der Waals surface area (Å²) < 4.78 is 0. The summed E-state index contributed by atoms with van der Waals surface area (Å²) in [7, 11) is 0. The molecule has 1 aromatic carbocycles. The highest BCUT2D eigenvalue weighted by molar-refractivity contribution is 6.19. The summed E-state index contributed by atoms with van der Waals surface area (Å²) in [5, 5.41) is 10.3. The molecule has 0 aliphatic heterocycles. The molecular formula is C15H10N4. The van der Waals surface area contributed by atoms with Crippen molar-refractivity contribution in [1.29, 1.82) is 5.26 Å². The second-order valence-electron chi connectivity index (χ2n) is 4.03. The molecule has 0 bridgehead atoms. The van der Waals surface area contributed by atoms with Crippen LogP contribution in [0, 0.1) is 11.3 Å². The van der Waals surface area contributed by atoms with E-state index in [0.717, 1.165) is 16.5 Å². The zero-order valence-electron chi connectivity index (χ0n) is 10.0. The summed E-state index contributed by atoms with van der Waals surface area (Å²) in [6, 6.07) is 13.6. The Morgan fingerprint density at radius 2 is 2.11 bits per heavy atom. The number of nitrogens with zero attached hydrogens (tertiary/aromatic N) is 3. The van der Waals surface area contributed by atoms with Crippen molar-refractivity contribution in [3.63, 3.8) is 0 Å². The van der Waals surface area contributed by atoms with Gasteiger partial charge in [0.15, 0.2) is 5.71 Å². The SMILES string of the molecule is N#C/C(=N\c1cccnc1)c1c[nH]c2ccccc12. The number of pyridine rings is 1. The van der Waals surface area contributed by atoms with Gasteiger partial charge in [-0.2, -0.15) is 5.26 Å². The molecule has 2 heterocycles. The first-order valence-corrected chi connectivity index (χ1v) is 5.84. The fourth-order valence-electron chi connectivity index (χ4n) is 1.96. The summed E-state index contributed by atoms with van der Waals surface area (Å²) in [5.74, 6) is 0. The van der Waals surface area contributed by atoms with Crippen molar-refractivity contribution in [2.45, 2.75) is 0 Å². The first-order valence-electron chi connectivity index (χ1n) is 5.84. The number of nitrogens with one attached hydrogen (secondary N) is 1. The Kier molecular flexibility index (Phi) is 2.79. The van der Waals surface area contributed by atoms with E-state index in [1.54, 1.807) is 18.5 Å². The average molecular weight is 246 g/mol. The molecule has 0 radical (unpaired) electrons. The van der Waals surface area contributed by atoms with Gasteiger partial charge in [-0.3, -0.25) is 4.98 Å². The first-order chi connectivity index (χ1) is 9.38. The van der Waals surface area contributed by atoms with Gasteiger partial charge in [-0.25, -0.2) is 4.99 Å². The minimum Gasteiger partial charge on any atom is -0.360 e. The molecule has 3 aromatic rings. The van der Waals surface area contributed by atoms with Crippen LogP contribution in [0.3, 0.4) is 0 Å². The molecular weight excluding hydrogens is 236 g/mol. The fraction of sp³-hybridized carbons (Fsp3) is 0. The second kappa shape index (κ2) is 4.75. The van der Waals surface area contributed by atoms with Crippen LogP contribution in [0.15, 0.2) is 60.0 Å². The van der Waals surface area contributed by atoms with Crippen molar-refractivity contribution in [2.24, 2.45) is 4.99 Å². The highest BCUT2D eigenvalue weighted by Crippen LogP contribution is 2.20. The standard InChI is InChI=1S/C15H10N4/c16-8-15(19-11-4-3-7-17-9-11)13-10-18-14-6-2-1-5-12(13)14/h1-7,9-10,18H/b19-15+. The number of hydrogen-bond acceptors (Lipinski definition) is 3. The van der Waals surface area contributed by atoms with Crippen LogP contribution in [-0.4, -0.2) is 15.7 Å². The molecule has 0 atom stereocenters. The highest BCUT2D eigenvalue weighted by atomic mass is 14.8. The van der Waals surface area contributed by atoms with E-state index in [2.05, 4.69) is 21.0 Å². The number of nitriles is 1. The quantitative estimate of drug-likeness (QED) is 0.705. The molecule has 0 fully saturated rings. The van der Waals surface area contributed by atoms with Crippen LogP contribution < -0.4 is 0 Å². The van der Waals surface area contributed by atoms with Gasteiger partial charge < -0.3 is 4.98 Å². The summed E-state index contributed by atoms with van der Waals surface area (Å²) in [6.07, 6.45) is 5.12. The van der Waals surface area contributed by atoms with Crippen molar-refractivity contribution < 1.29 is 0 Å². The van der Waals surface area contributed by atoms with Gasteiger partial charge in [-0.15, -0.1) is 0 Å². The lowest BCUT2D eigenvalue weighted by atomic mass is 10.1. The van der Waals surface area contributed by atoms with Crippen molar-refractivity contribution in [3.05, 3.63) is 60.6 Å². The molecule has 0 amide bonds. The number of para-hydroxylation sites is 1. The number of aromatic nitrogens is 2. The van der Waals surface area contributed by atoms with Crippen molar-refractivity contribution in [1.82, 2.24) is 9.97 Å². The predicted molar refractivity (Wildman–Crippen MR) is 74.3 cm³/mol. The maximum Gasteiger partial charge on any atom is 0.150 e. The number of hydrogen-bond donors (Lipinski definition) is 1. The third-order valence-electron chi connectivity index (χ3n) is 2.84. The number of H-pyrrole nitrogens is 1. The summed E-state index contributed by atoms with van der Waals surface area (Å²) in [5.41, 5.74) is 2.85. The Morgan fingerprint density at radius 3 is 2.89 bits per heavy atom. The van der Waals surface area contributed by atoms with E-state index in [0.29, 0.717) is 11.4 Å². The van der Waals surface area contributed by atoms with Gasteiger partial charge in [0.25, 0.3) is 0 Å². The molecule has 0 saturated heterocycles. The largest absolute Gasteiger partial charge is 0.360 e. The topological polar surface area (TPSA) is 64.8 Å². The van der Waals surface area contributed by atoms with Crippen LogP contribution in [0.5, 0.6) is 0 Å². The molecule has 0 aliphatic rings. The zero-order valence-corrected chi connectivity index (χ0v) is 10.0. The molecule has 4 heteroatoms. The van der Waals surface area contributed by atoms with Crippen LogP contribution in [0.1, 0.15) is 5.56 Å². The lowest BCUT2D eigenvalue weighted by molar-refractivity contribution is 1.30. The van der Waals surface area contributed by atoms with E-state index < -0.39 is 0 Å². The molecule has 90 valence electrons. The third kappa shape index (κ3) is 2.09. The molecule has 0 saturated carbocycles. The maximum atomic E-state index is 9.30. The number of benzene rings is 1. The maximum absolute atomic E-state index is 9.30. The van der Waals surface area contributed by atoms with E-state index in [1.165, 1.54) is 0 Å². The Morgan fingerprint density at radius 1 is 1.21 bits per heavy atom. The Labute approximate surface area is 110 Å². The molecule has 2 aromatic heterocycles. The molecule has 19 heavy (non-hydrogen) atoms. The molecule has 3 rings (SSSR count). The lowest BCUT2D eigenvalue weighted by Crippen LogP contribution is -1.95. The van der Waals surface area contributed by atoms with Crippen LogP contribution in [0.2, 0.25) is 0 Å². The van der Waals surface area contributed by atoms with E-state index >= 15 is 0 Å². The van der Waals surface area contributed by atoms with Crippen LogP contribution in [0.25, 0.3) is 10.9 Å². The lowest BCUT2D eigenvalue weighted by Gasteiger charge is -1.97. The van der Waals surface area contributed by atoms with E-state index in [9.17, 15) is 5.26 Å². The Balaban J connectivity index is 2.14. The van der Waals surface area contributed by atoms with E-state index in [1.807, 2.05) is 36.5 Å². The molecule has 0 unspecified atom stereocenters. The first kappa shape index (κ1) is 11.2. The van der Waals surface area contributed by atoms with Gasteiger partial charge in [-0.1, -0.05) is 18.2 Å². The highest BCUT2D eigenvalue weighted by Gasteiger charge is 2.09. The van der Waals surface area contributed by atoms with Gasteiger partial charge in [0.2, 0.25) is 0 Å². The van der Waals surface area contributed by atoms with Gasteiger partial charge in [-0.05, 0) is 18.2 Å². The summed E-state index contributed by atoms with van der Waals surface area (Å²) >= 11 is 0. The molecule has 4 nitrogen and oxygen atoms in total. The fourth-order valence-corrected chi connectivity index (χ4v) is 1.96. The minimum atomic E-state index is 0.380. The summed E-state index contributed by atoms with van der Waals surface area (Å²) in [4.78, 5) is 11.5. The summed E-state index contributed by atoms with van der Waals surface area (Å²) in [6.45, 7) is 0. The molecule has 0 aliphatic carbocycles. The Bertz CT molecular complexity index is 779.